The Morgan fingerprint density at radius 2 is 1.74 bits per heavy atom. The van der Waals surface area contributed by atoms with E-state index in [0.717, 1.165) is 19.4 Å². The zero-order valence-corrected chi connectivity index (χ0v) is 11.8. The van der Waals surface area contributed by atoms with E-state index < -0.39 is 12.2 Å². The van der Waals surface area contributed by atoms with Crippen LogP contribution in [0, 0.1) is 0 Å². The van der Waals surface area contributed by atoms with E-state index in [2.05, 4.69) is 0 Å². The average molecular weight is 270 g/mol. The molecular formula is C14H26N2O3. The van der Waals surface area contributed by atoms with Crippen LogP contribution in [0.1, 0.15) is 39.0 Å². The first-order valence-corrected chi connectivity index (χ1v) is 7.49. The molecule has 5 nitrogen and oxygen atoms in total. The molecule has 2 aliphatic rings. The zero-order chi connectivity index (χ0) is 13.8. The number of aliphatic hydroxyl groups excluding tert-OH is 2. The average Bonchev–Trinajstić information content (AvgIpc) is 2.70. The van der Waals surface area contributed by atoms with Crippen LogP contribution in [0.4, 0.5) is 0 Å². The van der Waals surface area contributed by atoms with E-state index in [0.29, 0.717) is 25.7 Å². The monoisotopic (exact) mass is 270 g/mol. The van der Waals surface area contributed by atoms with Gasteiger partial charge in [0.25, 0.3) is 0 Å². The number of aliphatic hydroxyl groups is 2. The fourth-order valence-corrected chi connectivity index (χ4v) is 3.29. The van der Waals surface area contributed by atoms with Crippen LogP contribution in [-0.4, -0.2) is 70.3 Å². The molecule has 1 saturated heterocycles. The predicted octanol–water partition coefficient (Wildman–Crippen LogP) is 0.205. The third-order valence-electron chi connectivity index (χ3n) is 4.37. The second kappa shape index (κ2) is 6.68. The topological polar surface area (TPSA) is 64.0 Å². The predicted molar refractivity (Wildman–Crippen MR) is 72.7 cm³/mol. The summed E-state index contributed by atoms with van der Waals surface area (Å²) in [5.74, 6) is 0.135. The van der Waals surface area contributed by atoms with Gasteiger partial charge < -0.3 is 15.1 Å². The minimum absolute atomic E-state index is 0.135. The van der Waals surface area contributed by atoms with Crippen LogP contribution < -0.4 is 0 Å². The molecule has 2 N–H and O–H groups in total. The van der Waals surface area contributed by atoms with E-state index in [1.807, 2.05) is 16.7 Å². The van der Waals surface area contributed by atoms with Gasteiger partial charge in [-0.15, -0.1) is 0 Å². The van der Waals surface area contributed by atoms with Gasteiger partial charge in [-0.05, 0) is 19.8 Å². The minimum Gasteiger partial charge on any atom is -0.389 e. The van der Waals surface area contributed by atoms with Gasteiger partial charge in [0.05, 0.1) is 18.8 Å². The summed E-state index contributed by atoms with van der Waals surface area (Å²) in [5.41, 5.74) is 0. The first-order chi connectivity index (χ1) is 9.11. The van der Waals surface area contributed by atoms with Crippen LogP contribution in [0.5, 0.6) is 0 Å². The number of nitrogens with zero attached hydrogens (tertiary/aromatic N) is 2. The molecule has 1 aliphatic carbocycles. The Balaban J connectivity index is 1.86. The molecule has 0 aromatic carbocycles. The molecular weight excluding hydrogens is 244 g/mol. The SMILES string of the molecule is CCN(C(=O)CN1CC(O)C(O)C1)C1CCCCC1. The summed E-state index contributed by atoms with van der Waals surface area (Å²) < 4.78 is 0. The van der Waals surface area contributed by atoms with Gasteiger partial charge in [0.2, 0.25) is 5.91 Å². The maximum absolute atomic E-state index is 12.4. The summed E-state index contributed by atoms with van der Waals surface area (Å²) in [4.78, 5) is 16.2. The quantitative estimate of drug-likeness (QED) is 0.766. The van der Waals surface area contributed by atoms with E-state index in [-0.39, 0.29) is 5.91 Å². The van der Waals surface area contributed by atoms with E-state index in [4.69, 9.17) is 0 Å². The maximum Gasteiger partial charge on any atom is 0.236 e. The van der Waals surface area contributed by atoms with Crippen molar-refractivity contribution in [3.8, 4) is 0 Å². The number of likely N-dealkylation sites (N-methyl/N-ethyl adjacent to an activating group) is 1. The molecule has 0 aromatic rings. The van der Waals surface area contributed by atoms with E-state index in [1.54, 1.807) is 0 Å². The Kier molecular flexibility index (Phi) is 5.19. The number of hydrogen-bond donors (Lipinski definition) is 2. The number of hydrogen-bond acceptors (Lipinski definition) is 4. The lowest BCUT2D eigenvalue weighted by Gasteiger charge is -2.34. The summed E-state index contributed by atoms with van der Waals surface area (Å²) in [6.45, 7) is 3.89. The number of rotatable bonds is 4. The fourth-order valence-electron chi connectivity index (χ4n) is 3.29. The van der Waals surface area contributed by atoms with Crippen molar-refractivity contribution in [3.05, 3.63) is 0 Å². The molecule has 2 unspecified atom stereocenters. The van der Waals surface area contributed by atoms with Crippen LogP contribution in [0.2, 0.25) is 0 Å². The molecule has 0 aromatic heterocycles. The molecule has 2 atom stereocenters. The van der Waals surface area contributed by atoms with Gasteiger partial charge in [-0.25, -0.2) is 0 Å². The van der Waals surface area contributed by atoms with Crippen LogP contribution in [0.25, 0.3) is 0 Å². The van der Waals surface area contributed by atoms with Gasteiger partial charge in [-0.2, -0.15) is 0 Å². The van der Waals surface area contributed by atoms with E-state index in [9.17, 15) is 15.0 Å². The van der Waals surface area contributed by atoms with Crippen molar-refractivity contribution in [2.75, 3.05) is 26.2 Å². The lowest BCUT2D eigenvalue weighted by Crippen LogP contribution is -2.46. The number of likely N-dealkylation sites (tertiary alicyclic amines) is 1. The van der Waals surface area contributed by atoms with Crippen LogP contribution in [0.15, 0.2) is 0 Å². The van der Waals surface area contributed by atoms with Crippen molar-refractivity contribution in [3.63, 3.8) is 0 Å². The number of β-amino-alcohol motifs (C(OH)–C–C–N with tert-alkyl or cyclic N) is 2. The molecule has 19 heavy (non-hydrogen) atoms. The number of carbonyl (C=O) groups is 1. The molecule has 2 fully saturated rings. The molecule has 0 spiro atoms. The molecule has 0 bridgehead atoms. The van der Waals surface area contributed by atoms with E-state index >= 15 is 0 Å². The Labute approximate surface area is 115 Å². The second-order valence-corrected chi connectivity index (χ2v) is 5.80. The Morgan fingerprint density at radius 1 is 1.16 bits per heavy atom. The highest BCUT2D eigenvalue weighted by Gasteiger charge is 2.32. The van der Waals surface area contributed by atoms with Gasteiger partial charge in [-0.1, -0.05) is 19.3 Å². The first-order valence-electron chi connectivity index (χ1n) is 7.49. The third kappa shape index (κ3) is 3.68. The lowest BCUT2D eigenvalue weighted by atomic mass is 9.94. The van der Waals surface area contributed by atoms with Crippen LogP contribution in [-0.2, 0) is 4.79 Å². The summed E-state index contributed by atoms with van der Waals surface area (Å²) in [5, 5.41) is 19.0. The van der Waals surface area contributed by atoms with Crippen molar-refractivity contribution in [2.45, 2.75) is 57.3 Å². The lowest BCUT2D eigenvalue weighted by molar-refractivity contribution is -0.135. The maximum atomic E-state index is 12.4. The van der Waals surface area contributed by atoms with Gasteiger partial charge >= 0.3 is 0 Å². The van der Waals surface area contributed by atoms with Gasteiger partial charge in [-0.3, -0.25) is 9.69 Å². The Hall–Kier alpha value is -0.650. The molecule has 0 radical (unpaired) electrons. The highest BCUT2D eigenvalue weighted by atomic mass is 16.3. The Bertz CT molecular complexity index is 295. The first kappa shape index (κ1) is 14.8. The summed E-state index contributed by atoms with van der Waals surface area (Å²) in [6, 6.07) is 0.392. The van der Waals surface area contributed by atoms with Crippen molar-refractivity contribution in [2.24, 2.45) is 0 Å². The molecule has 5 heteroatoms. The Morgan fingerprint density at radius 3 is 2.26 bits per heavy atom. The van der Waals surface area contributed by atoms with Gasteiger partial charge in [0.1, 0.15) is 0 Å². The third-order valence-corrected chi connectivity index (χ3v) is 4.37. The van der Waals surface area contributed by atoms with Crippen LogP contribution in [0.3, 0.4) is 0 Å². The second-order valence-electron chi connectivity index (χ2n) is 5.80. The largest absolute Gasteiger partial charge is 0.389 e. The highest BCUT2D eigenvalue weighted by molar-refractivity contribution is 5.78. The summed E-state index contributed by atoms with van der Waals surface area (Å²) in [6.07, 6.45) is 4.53. The van der Waals surface area contributed by atoms with Gasteiger partial charge in [0, 0.05) is 25.7 Å². The molecule has 1 aliphatic heterocycles. The normalized spacial score (nSPS) is 29.6. The van der Waals surface area contributed by atoms with Crippen molar-refractivity contribution in [1.82, 2.24) is 9.80 Å². The minimum atomic E-state index is -0.711. The van der Waals surface area contributed by atoms with Crippen molar-refractivity contribution in [1.29, 1.82) is 0 Å². The van der Waals surface area contributed by atoms with Crippen LogP contribution >= 0.6 is 0 Å². The van der Waals surface area contributed by atoms with E-state index in [1.165, 1.54) is 19.3 Å². The summed E-state index contributed by atoms with van der Waals surface area (Å²) in [7, 11) is 0. The van der Waals surface area contributed by atoms with Crippen molar-refractivity contribution < 1.29 is 15.0 Å². The standard InChI is InChI=1S/C14H26N2O3/c1-2-16(11-6-4-3-5-7-11)14(19)10-15-8-12(17)13(18)9-15/h11-13,17-18H,2-10H2,1H3. The molecule has 1 saturated carbocycles. The fraction of sp³-hybridized carbons (Fsp3) is 0.929. The number of carbonyl (C=O) groups excluding carboxylic acids is 1. The smallest absolute Gasteiger partial charge is 0.236 e. The molecule has 1 amide bonds. The highest BCUT2D eigenvalue weighted by Crippen LogP contribution is 2.23. The van der Waals surface area contributed by atoms with Crippen molar-refractivity contribution >= 4 is 5.91 Å². The zero-order valence-electron chi connectivity index (χ0n) is 11.8. The van der Waals surface area contributed by atoms with Gasteiger partial charge in [0.15, 0.2) is 0 Å². The molecule has 110 valence electrons. The molecule has 2 rings (SSSR count). The number of amides is 1. The summed E-state index contributed by atoms with van der Waals surface area (Å²) >= 11 is 0. The molecule has 1 heterocycles.